The van der Waals surface area contributed by atoms with Gasteiger partial charge in [0.15, 0.2) is 5.41 Å². The van der Waals surface area contributed by atoms with Gasteiger partial charge in [-0.3, -0.25) is 14.4 Å². The first-order valence-corrected chi connectivity index (χ1v) is 14.1. The predicted molar refractivity (Wildman–Crippen MR) is 152 cm³/mol. The van der Waals surface area contributed by atoms with Crippen LogP contribution >= 0.6 is 0 Å². The third kappa shape index (κ3) is 6.02. The normalized spacial score (nSPS) is 24.8. The molecule has 44 heavy (non-hydrogen) atoms. The lowest BCUT2D eigenvalue weighted by atomic mass is 9.73. The number of ether oxygens (including phenoxy) is 2. The maximum absolute atomic E-state index is 12.9. The highest BCUT2D eigenvalue weighted by Crippen LogP contribution is 2.32. The molecule has 0 spiro atoms. The third-order valence-corrected chi connectivity index (χ3v) is 7.86. The first-order chi connectivity index (χ1) is 21.1. The van der Waals surface area contributed by atoms with Crippen molar-refractivity contribution in [1.29, 1.82) is 0 Å². The smallest absolute Gasteiger partial charge is 0.349 e. The minimum atomic E-state index is -1.62. The maximum Gasteiger partial charge on any atom is 0.349 e. The van der Waals surface area contributed by atoms with Crippen molar-refractivity contribution in [3.63, 3.8) is 0 Å². The average molecular weight is 612 g/mol. The molecule has 3 amide bonds. The Hall–Kier alpha value is -4.34. The lowest BCUT2D eigenvalue weighted by Gasteiger charge is -2.39. The quantitative estimate of drug-likeness (QED) is 0.0839. The number of aliphatic hydroxyl groups excluding tert-OH is 4. The number of fused-ring (bicyclic) bond motifs is 1. The summed E-state index contributed by atoms with van der Waals surface area (Å²) in [6.45, 7) is -0.384. The Bertz CT molecular complexity index is 1560. The van der Waals surface area contributed by atoms with Gasteiger partial charge in [0.2, 0.25) is 18.1 Å². The Morgan fingerprint density at radius 1 is 0.955 bits per heavy atom. The number of nitrogens with one attached hydrogen (secondary N) is 3. The van der Waals surface area contributed by atoms with Gasteiger partial charge in [-0.2, -0.15) is 0 Å². The zero-order chi connectivity index (χ0) is 31.4. The van der Waals surface area contributed by atoms with Gasteiger partial charge in [-0.1, -0.05) is 30.3 Å². The number of benzene rings is 2. The van der Waals surface area contributed by atoms with Crippen molar-refractivity contribution in [3.8, 4) is 5.75 Å². The van der Waals surface area contributed by atoms with Crippen molar-refractivity contribution in [2.75, 3.05) is 19.8 Å². The molecular formula is C30H33N3O11. The molecule has 14 nitrogen and oxygen atoms in total. The highest BCUT2D eigenvalue weighted by Gasteiger charge is 2.49. The summed E-state index contributed by atoms with van der Waals surface area (Å²) in [5.74, 6) is -1.33. The molecule has 0 saturated carbocycles. The van der Waals surface area contributed by atoms with Crippen molar-refractivity contribution >= 4 is 28.7 Å². The molecule has 2 aliphatic rings. The van der Waals surface area contributed by atoms with E-state index in [1.54, 1.807) is 30.3 Å². The Kier molecular flexibility index (Phi) is 9.27. The summed E-state index contributed by atoms with van der Waals surface area (Å²) in [7, 11) is 0. The van der Waals surface area contributed by atoms with Crippen LogP contribution in [0.5, 0.6) is 5.75 Å². The van der Waals surface area contributed by atoms with Crippen LogP contribution < -0.4 is 26.3 Å². The molecule has 1 aromatic heterocycles. The second-order valence-electron chi connectivity index (χ2n) is 10.6. The molecule has 0 radical (unpaired) electrons. The van der Waals surface area contributed by atoms with Crippen molar-refractivity contribution in [1.82, 2.24) is 16.0 Å². The Balaban J connectivity index is 1.20. The van der Waals surface area contributed by atoms with E-state index in [0.717, 1.165) is 0 Å². The number of unbranched alkanes of at least 4 members (excludes halogenated alkanes) is 1. The van der Waals surface area contributed by atoms with Gasteiger partial charge in [-0.25, -0.2) is 4.79 Å². The van der Waals surface area contributed by atoms with E-state index in [4.69, 9.17) is 13.9 Å². The van der Waals surface area contributed by atoms with E-state index >= 15 is 0 Å². The van der Waals surface area contributed by atoms with Crippen molar-refractivity contribution in [2.45, 2.75) is 55.4 Å². The Morgan fingerprint density at radius 3 is 2.39 bits per heavy atom. The number of carbonyl (C=O) groups excluding carboxylic acids is 3. The molecule has 2 fully saturated rings. The topological polar surface area (TPSA) is 217 Å². The van der Waals surface area contributed by atoms with Crippen molar-refractivity contribution in [2.24, 2.45) is 0 Å². The second kappa shape index (κ2) is 13.1. The molecule has 2 aliphatic heterocycles. The van der Waals surface area contributed by atoms with E-state index in [1.165, 1.54) is 24.3 Å². The summed E-state index contributed by atoms with van der Waals surface area (Å²) in [6, 6.07) is 14.4. The number of amides is 3. The highest BCUT2D eigenvalue weighted by atomic mass is 16.7. The van der Waals surface area contributed by atoms with Crippen LogP contribution in [0, 0.1) is 0 Å². The minimum absolute atomic E-state index is 0.0588. The minimum Gasteiger partial charge on any atom is -0.462 e. The fraction of sp³-hybridized carbons (Fsp3) is 0.400. The Labute approximate surface area is 250 Å². The van der Waals surface area contributed by atoms with Crippen LogP contribution in [0.4, 0.5) is 0 Å². The zero-order valence-electron chi connectivity index (χ0n) is 23.5. The van der Waals surface area contributed by atoms with Crippen LogP contribution in [0.1, 0.15) is 35.2 Å². The van der Waals surface area contributed by atoms with Crippen molar-refractivity contribution < 1.29 is 48.7 Å². The van der Waals surface area contributed by atoms with E-state index in [0.29, 0.717) is 23.8 Å². The predicted octanol–water partition coefficient (Wildman–Crippen LogP) is -0.987. The lowest BCUT2D eigenvalue weighted by Crippen LogP contribution is -2.62. The average Bonchev–Trinajstić information content (AvgIpc) is 3.02. The van der Waals surface area contributed by atoms with Crippen LogP contribution in [0.25, 0.3) is 11.0 Å². The van der Waals surface area contributed by atoms with Crippen LogP contribution in [-0.4, -0.2) is 88.7 Å². The SMILES string of the molecule is O=C(NCCCCC1(c2ccccc2)C(=O)NCNC1=O)c1cc2ccc(O[C@@H]3O[C@H](CO)[C@H](O)[C@H](O)[C@H]3O)cc2oc1=O. The van der Waals surface area contributed by atoms with Gasteiger partial charge in [0, 0.05) is 18.0 Å². The third-order valence-electron chi connectivity index (χ3n) is 7.86. The van der Waals surface area contributed by atoms with Crippen LogP contribution in [0.3, 0.4) is 0 Å². The summed E-state index contributed by atoms with van der Waals surface area (Å²) in [4.78, 5) is 51.2. The first-order valence-electron chi connectivity index (χ1n) is 14.1. The molecule has 234 valence electrons. The molecular weight excluding hydrogens is 578 g/mol. The van der Waals surface area contributed by atoms with Crippen LogP contribution in [-0.2, 0) is 19.7 Å². The van der Waals surface area contributed by atoms with Gasteiger partial charge in [0.05, 0.1) is 13.3 Å². The first kappa shape index (κ1) is 31.1. The Morgan fingerprint density at radius 2 is 1.68 bits per heavy atom. The fourth-order valence-electron chi connectivity index (χ4n) is 5.40. The van der Waals surface area contributed by atoms with Gasteiger partial charge in [0.1, 0.15) is 41.3 Å². The number of hydrogen-bond acceptors (Lipinski definition) is 11. The highest BCUT2D eigenvalue weighted by molar-refractivity contribution is 6.12. The largest absolute Gasteiger partial charge is 0.462 e. The van der Waals surface area contributed by atoms with Gasteiger partial charge in [-0.05, 0) is 43.0 Å². The number of hydrogen-bond donors (Lipinski definition) is 7. The number of carbonyl (C=O) groups is 3. The number of rotatable bonds is 10. The molecule has 0 unspecified atom stereocenters. The van der Waals surface area contributed by atoms with Gasteiger partial charge in [-0.15, -0.1) is 0 Å². The van der Waals surface area contributed by atoms with E-state index in [9.17, 15) is 39.6 Å². The molecule has 7 N–H and O–H groups in total. The van der Waals surface area contributed by atoms with E-state index in [1.807, 2.05) is 0 Å². The summed E-state index contributed by atoms with van der Waals surface area (Å²) in [6.07, 6.45) is -6.30. The standard InChI is InChI=1S/C30H33N3O11/c34-14-21-22(35)23(36)24(37)27(44-21)42-18-9-8-16-12-19(26(39)43-20(16)13-18)25(38)31-11-5-4-10-30(17-6-2-1-3-7-17)28(40)32-15-33-29(30)41/h1-3,6-9,12-13,21-24,27,34-37H,4-5,10-11,14-15H2,(H,31,38)(H,32,40)(H,33,41)/t21-,22+,23+,24-,27-/m1/s1. The summed E-state index contributed by atoms with van der Waals surface area (Å²) in [5.41, 5.74) is -1.86. The maximum atomic E-state index is 12.9. The van der Waals surface area contributed by atoms with E-state index in [2.05, 4.69) is 16.0 Å². The van der Waals surface area contributed by atoms with Crippen LogP contribution in [0.2, 0.25) is 0 Å². The van der Waals surface area contributed by atoms with Crippen molar-refractivity contribution in [3.05, 3.63) is 76.1 Å². The molecule has 0 aliphatic carbocycles. The van der Waals surface area contributed by atoms with Gasteiger partial charge < -0.3 is 50.3 Å². The summed E-state index contributed by atoms with van der Waals surface area (Å²) < 4.78 is 16.2. The molecule has 0 bridgehead atoms. The fourth-order valence-corrected chi connectivity index (χ4v) is 5.40. The van der Waals surface area contributed by atoms with Crippen LogP contribution in [0.15, 0.2) is 63.8 Å². The molecule has 5 rings (SSSR count). The second-order valence-corrected chi connectivity index (χ2v) is 10.6. The molecule has 2 saturated heterocycles. The zero-order valence-corrected chi connectivity index (χ0v) is 23.5. The summed E-state index contributed by atoms with van der Waals surface area (Å²) >= 11 is 0. The molecule has 14 heteroatoms. The monoisotopic (exact) mass is 611 g/mol. The lowest BCUT2D eigenvalue weighted by molar-refractivity contribution is -0.277. The van der Waals surface area contributed by atoms with Gasteiger partial charge in [0.25, 0.3) is 5.91 Å². The van der Waals surface area contributed by atoms with Gasteiger partial charge >= 0.3 is 5.63 Å². The van der Waals surface area contributed by atoms with E-state index < -0.39 is 54.3 Å². The summed E-state index contributed by atoms with van der Waals surface area (Å²) in [5, 5.41) is 47.9. The number of aliphatic hydroxyl groups is 4. The molecule has 3 aromatic rings. The molecule has 3 heterocycles. The molecule has 5 atom stereocenters. The van der Waals surface area contributed by atoms with E-state index in [-0.39, 0.29) is 48.3 Å². The molecule has 2 aromatic carbocycles.